The normalized spacial score (nSPS) is 10.9. The standard InChI is InChI=1S/C19H17N7O2/c27-26(28)16-8-6-14(7-9-16)10-11-20-18-17-19(22-13-21-18)25(24-23-17)12-15-4-2-1-3-5-15/h1-9,13H,10-12H2,(H,20,21,22). The summed E-state index contributed by atoms with van der Waals surface area (Å²) in [6.45, 7) is 1.19. The molecule has 140 valence electrons. The summed E-state index contributed by atoms with van der Waals surface area (Å²) in [5, 5.41) is 22.4. The molecular formula is C19H17N7O2. The smallest absolute Gasteiger partial charge is 0.269 e. The third-order valence-electron chi connectivity index (χ3n) is 4.33. The molecule has 2 heterocycles. The molecule has 2 aromatic carbocycles. The molecule has 0 atom stereocenters. The van der Waals surface area contributed by atoms with Gasteiger partial charge in [-0.1, -0.05) is 47.7 Å². The van der Waals surface area contributed by atoms with Gasteiger partial charge >= 0.3 is 0 Å². The van der Waals surface area contributed by atoms with Crippen LogP contribution in [0.15, 0.2) is 60.9 Å². The van der Waals surface area contributed by atoms with Crippen LogP contribution in [0.2, 0.25) is 0 Å². The third-order valence-corrected chi connectivity index (χ3v) is 4.33. The first kappa shape index (κ1) is 17.5. The van der Waals surface area contributed by atoms with Crippen molar-refractivity contribution >= 4 is 22.7 Å². The fourth-order valence-corrected chi connectivity index (χ4v) is 2.89. The molecule has 0 fully saturated rings. The lowest BCUT2D eigenvalue weighted by atomic mass is 10.1. The highest BCUT2D eigenvalue weighted by molar-refractivity contribution is 5.81. The van der Waals surface area contributed by atoms with Gasteiger partial charge in [-0.05, 0) is 17.5 Å². The number of rotatable bonds is 7. The number of nitro groups is 1. The van der Waals surface area contributed by atoms with E-state index in [9.17, 15) is 10.1 Å². The van der Waals surface area contributed by atoms with Crippen molar-refractivity contribution in [2.45, 2.75) is 13.0 Å². The predicted molar refractivity (Wildman–Crippen MR) is 104 cm³/mol. The van der Waals surface area contributed by atoms with Crippen LogP contribution in [-0.4, -0.2) is 36.4 Å². The molecule has 9 nitrogen and oxygen atoms in total. The van der Waals surface area contributed by atoms with Crippen LogP contribution in [0.5, 0.6) is 0 Å². The highest BCUT2D eigenvalue weighted by Gasteiger charge is 2.12. The molecule has 0 aliphatic carbocycles. The highest BCUT2D eigenvalue weighted by Crippen LogP contribution is 2.17. The Morgan fingerprint density at radius 2 is 1.79 bits per heavy atom. The Kier molecular flexibility index (Phi) is 4.87. The lowest BCUT2D eigenvalue weighted by molar-refractivity contribution is -0.384. The average molecular weight is 375 g/mol. The predicted octanol–water partition coefficient (Wildman–Crippen LogP) is 2.83. The van der Waals surface area contributed by atoms with Crippen molar-refractivity contribution in [3.05, 3.63) is 82.2 Å². The van der Waals surface area contributed by atoms with Gasteiger partial charge in [-0.2, -0.15) is 0 Å². The summed E-state index contributed by atoms with van der Waals surface area (Å²) in [7, 11) is 0. The molecule has 0 amide bonds. The molecule has 9 heteroatoms. The van der Waals surface area contributed by atoms with E-state index in [0.29, 0.717) is 36.5 Å². The molecule has 4 aromatic rings. The van der Waals surface area contributed by atoms with Crippen LogP contribution in [0.25, 0.3) is 11.2 Å². The van der Waals surface area contributed by atoms with Gasteiger partial charge in [-0.15, -0.1) is 5.10 Å². The lowest BCUT2D eigenvalue weighted by Crippen LogP contribution is -2.08. The molecule has 0 aliphatic heterocycles. The van der Waals surface area contributed by atoms with Crippen LogP contribution in [-0.2, 0) is 13.0 Å². The first-order chi connectivity index (χ1) is 13.7. The van der Waals surface area contributed by atoms with Gasteiger partial charge in [0.05, 0.1) is 11.5 Å². The molecule has 0 saturated carbocycles. The molecular weight excluding hydrogens is 358 g/mol. The summed E-state index contributed by atoms with van der Waals surface area (Å²) in [5.41, 5.74) is 3.47. The van der Waals surface area contributed by atoms with Gasteiger partial charge in [0.15, 0.2) is 17.0 Å². The maximum Gasteiger partial charge on any atom is 0.269 e. The van der Waals surface area contributed by atoms with E-state index in [1.54, 1.807) is 16.8 Å². The van der Waals surface area contributed by atoms with Crippen molar-refractivity contribution in [1.29, 1.82) is 0 Å². The number of nitrogens with one attached hydrogen (secondary N) is 1. The first-order valence-corrected chi connectivity index (χ1v) is 8.76. The zero-order chi connectivity index (χ0) is 19.3. The van der Waals surface area contributed by atoms with Crippen LogP contribution in [0.4, 0.5) is 11.5 Å². The number of nitro benzene ring substituents is 1. The minimum Gasteiger partial charge on any atom is -0.368 e. The van der Waals surface area contributed by atoms with Gasteiger partial charge < -0.3 is 5.32 Å². The monoisotopic (exact) mass is 375 g/mol. The quantitative estimate of drug-likeness (QED) is 0.390. The van der Waals surface area contributed by atoms with Gasteiger partial charge in [0.25, 0.3) is 5.69 Å². The van der Waals surface area contributed by atoms with Crippen LogP contribution >= 0.6 is 0 Å². The molecule has 0 spiro atoms. The van der Waals surface area contributed by atoms with Crippen LogP contribution in [0, 0.1) is 10.1 Å². The van der Waals surface area contributed by atoms with Crippen molar-refractivity contribution in [2.24, 2.45) is 0 Å². The third kappa shape index (κ3) is 3.78. The number of non-ortho nitro benzene ring substituents is 1. The fourth-order valence-electron chi connectivity index (χ4n) is 2.89. The zero-order valence-electron chi connectivity index (χ0n) is 14.9. The Bertz CT molecular complexity index is 1090. The van der Waals surface area contributed by atoms with Gasteiger partial charge in [0, 0.05) is 18.7 Å². The first-order valence-electron chi connectivity index (χ1n) is 8.76. The maximum absolute atomic E-state index is 10.7. The van der Waals surface area contributed by atoms with Crippen LogP contribution in [0.1, 0.15) is 11.1 Å². The van der Waals surface area contributed by atoms with E-state index in [0.717, 1.165) is 11.1 Å². The average Bonchev–Trinajstić information content (AvgIpc) is 3.13. The van der Waals surface area contributed by atoms with E-state index >= 15 is 0 Å². The Morgan fingerprint density at radius 3 is 2.54 bits per heavy atom. The van der Waals surface area contributed by atoms with Gasteiger partial charge in [-0.3, -0.25) is 10.1 Å². The summed E-state index contributed by atoms with van der Waals surface area (Å²) in [6.07, 6.45) is 2.18. The van der Waals surface area contributed by atoms with E-state index in [1.807, 2.05) is 30.3 Å². The number of anilines is 1. The molecule has 1 N–H and O–H groups in total. The largest absolute Gasteiger partial charge is 0.368 e. The number of aromatic nitrogens is 5. The van der Waals surface area contributed by atoms with E-state index in [2.05, 4.69) is 25.6 Å². The number of nitrogens with zero attached hydrogens (tertiary/aromatic N) is 6. The Balaban J connectivity index is 1.45. The molecule has 0 aliphatic rings. The Morgan fingerprint density at radius 1 is 1.00 bits per heavy atom. The minimum atomic E-state index is -0.404. The highest BCUT2D eigenvalue weighted by atomic mass is 16.6. The van der Waals surface area contributed by atoms with Crippen molar-refractivity contribution < 1.29 is 4.92 Å². The van der Waals surface area contributed by atoms with Gasteiger partial charge in [0.1, 0.15) is 6.33 Å². The molecule has 0 saturated heterocycles. The van der Waals surface area contributed by atoms with Crippen LogP contribution < -0.4 is 5.32 Å². The lowest BCUT2D eigenvalue weighted by Gasteiger charge is -2.06. The number of fused-ring (bicyclic) bond motifs is 1. The topological polar surface area (TPSA) is 112 Å². The van der Waals surface area contributed by atoms with Crippen molar-refractivity contribution in [2.75, 3.05) is 11.9 Å². The molecule has 0 unspecified atom stereocenters. The molecule has 0 radical (unpaired) electrons. The summed E-state index contributed by atoms with van der Waals surface area (Å²) in [5.74, 6) is 0.617. The maximum atomic E-state index is 10.7. The van der Waals surface area contributed by atoms with Crippen molar-refractivity contribution in [3.63, 3.8) is 0 Å². The Hall–Kier alpha value is -3.88. The Labute approximate surface area is 160 Å². The second kappa shape index (κ2) is 7.78. The second-order valence-electron chi connectivity index (χ2n) is 6.23. The van der Waals surface area contributed by atoms with E-state index in [-0.39, 0.29) is 5.69 Å². The van der Waals surface area contributed by atoms with E-state index in [1.165, 1.54) is 18.5 Å². The fraction of sp³-hybridized carbons (Fsp3) is 0.158. The zero-order valence-corrected chi connectivity index (χ0v) is 14.9. The minimum absolute atomic E-state index is 0.0873. The van der Waals surface area contributed by atoms with Crippen LogP contribution in [0.3, 0.4) is 0 Å². The summed E-state index contributed by atoms with van der Waals surface area (Å²) >= 11 is 0. The number of hydrogen-bond acceptors (Lipinski definition) is 7. The molecule has 28 heavy (non-hydrogen) atoms. The van der Waals surface area contributed by atoms with Crippen molar-refractivity contribution in [1.82, 2.24) is 25.0 Å². The second-order valence-corrected chi connectivity index (χ2v) is 6.23. The number of benzene rings is 2. The molecule has 0 bridgehead atoms. The summed E-state index contributed by atoms with van der Waals surface area (Å²) < 4.78 is 1.74. The summed E-state index contributed by atoms with van der Waals surface area (Å²) in [4.78, 5) is 18.9. The van der Waals surface area contributed by atoms with E-state index in [4.69, 9.17) is 0 Å². The molecule has 2 aromatic heterocycles. The van der Waals surface area contributed by atoms with Crippen molar-refractivity contribution in [3.8, 4) is 0 Å². The van der Waals surface area contributed by atoms with Gasteiger partial charge in [-0.25, -0.2) is 14.6 Å². The number of hydrogen-bond donors (Lipinski definition) is 1. The molecule has 4 rings (SSSR count). The van der Waals surface area contributed by atoms with E-state index < -0.39 is 4.92 Å². The SMILES string of the molecule is O=[N+]([O-])c1ccc(CCNc2ncnc3c2nnn3Cc2ccccc2)cc1. The summed E-state index contributed by atoms with van der Waals surface area (Å²) in [6, 6.07) is 16.5. The van der Waals surface area contributed by atoms with Gasteiger partial charge in [0.2, 0.25) is 0 Å².